The van der Waals surface area contributed by atoms with E-state index < -0.39 is 6.04 Å². The molecule has 0 aliphatic heterocycles. The first kappa shape index (κ1) is 12.2. The topological polar surface area (TPSA) is 58.2 Å². The Bertz CT molecular complexity index is 402. The van der Waals surface area contributed by atoms with Crippen LogP contribution in [0.15, 0.2) is 24.3 Å². The number of rotatable bonds is 3. The van der Waals surface area contributed by atoms with Crippen molar-refractivity contribution in [1.82, 2.24) is 10.6 Å². The lowest BCUT2D eigenvalue weighted by atomic mass is 10.1. The number of hydrogen-bond donors (Lipinski definition) is 2. The summed E-state index contributed by atoms with van der Waals surface area (Å²) in [4.78, 5) is 23.0. The highest BCUT2D eigenvalue weighted by Gasteiger charge is 2.14. The molecular formula is C12H16N2O2. The Labute approximate surface area is 95.0 Å². The predicted octanol–water partition coefficient (Wildman–Crippen LogP) is 0.859. The minimum atomic E-state index is -0.530. The molecule has 0 bridgehead atoms. The summed E-state index contributed by atoms with van der Waals surface area (Å²) in [6, 6.07) is 6.71. The van der Waals surface area contributed by atoms with E-state index in [1.807, 2.05) is 19.1 Å². The molecule has 16 heavy (non-hydrogen) atoms. The Hall–Kier alpha value is -1.84. The summed E-state index contributed by atoms with van der Waals surface area (Å²) < 4.78 is 0. The van der Waals surface area contributed by atoms with Crippen LogP contribution in [0.1, 0.15) is 22.8 Å². The number of benzene rings is 1. The Morgan fingerprint density at radius 3 is 2.56 bits per heavy atom. The number of nitrogens with one attached hydrogen (secondary N) is 2. The fraction of sp³-hybridized carbons (Fsp3) is 0.333. The van der Waals surface area contributed by atoms with Gasteiger partial charge in [0.25, 0.3) is 5.91 Å². The summed E-state index contributed by atoms with van der Waals surface area (Å²) in [6.45, 7) is 3.56. The van der Waals surface area contributed by atoms with E-state index in [9.17, 15) is 9.59 Å². The number of likely N-dealkylation sites (N-methyl/N-ethyl adjacent to an activating group) is 1. The summed E-state index contributed by atoms with van der Waals surface area (Å²) in [5, 5.41) is 5.10. The number of amides is 2. The third-order valence-electron chi connectivity index (χ3n) is 2.27. The molecule has 0 aliphatic rings. The fourth-order valence-electron chi connectivity index (χ4n) is 1.35. The third-order valence-corrected chi connectivity index (χ3v) is 2.27. The van der Waals surface area contributed by atoms with E-state index in [0.717, 1.165) is 5.56 Å². The van der Waals surface area contributed by atoms with Gasteiger partial charge in [0.15, 0.2) is 0 Å². The molecule has 0 heterocycles. The minimum Gasteiger partial charge on any atom is -0.357 e. The lowest BCUT2D eigenvalue weighted by molar-refractivity contribution is -0.122. The van der Waals surface area contributed by atoms with E-state index >= 15 is 0 Å². The molecule has 0 unspecified atom stereocenters. The van der Waals surface area contributed by atoms with Crippen molar-refractivity contribution >= 4 is 11.8 Å². The standard InChI is InChI=1S/C12H16N2O2/c1-8-5-4-6-10(7-8)12(16)14-9(2)11(15)13-3/h4-7,9H,1-3H3,(H,13,15)(H,14,16)/t9-/m0/s1. The van der Waals surface area contributed by atoms with Crippen molar-refractivity contribution in [3.8, 4) is 0 Å². The Morgan fingerprint density at radius 2 is 2.00 bits per heavy atom. The smallest absolute Gasteiger partial charge is 0.251 e. The van der Waals surface area contributed by atoms with Gasteiger partial charge < -0.3 is 10.6 Å². The highest BCUT2D eigenvalue weighted by molar-refractivity contribution is 5.97. The van der Waals surface area contributed by atoms with Crippen LogP contribution in [0, 0.1) is 6.92 Å². The third kappa shape index (κ3) is 3.08. The molecule has 1 aromatic carbocycles. The Balaban J connectivity index is 2.69. The van der Waals surface area contributed by atoms with Crippen LogP contribution < -0.4 is 10.6 Å². The number of carbonyl (C=O) groups excluding carboxylic acids is 2. The molecule has 2 N–H and O–H groups in total. The molecule has 0 aromatic heterocycles. The second-order valence-corrected chi connectivity index (χ2v) is 3.68. The first-order chi connectivity index (χ1) is 7.54. The van der Waals surface area contributed by atoms with Gasteiger partial charge >= 0.3 is 0 Å². The van der Waals surface area contributed by atoms with Crippen molar-refractivity contribution in [3.63, 3.8) is 0 Å². The van der Waals surface area contributed by atoms with Gasteiger partial charge in [-0.25, -0.2) is 0 Å². The second kappa shape index (κ2) is 5.30. The van der Waals surface area contributed by atoms with Gasteiger partial charge in [0.2, 0.25) is 5.91 Å². The fourth-order valence-corrected chi connectivity index (χ4v) is 1.35. The predicted molar refractivity (Wildman–Crippen MR) is 62.2 cm³/mol. The zero-order valence-corrected chi connectivity index (χ0v) is 9.70. The summed E-state index contributed by atoms with van der Waals surface area (Å²) in [5.41, 5.74) is 1.58. The van der Waals surface area contributed by atoms with Crippen molar-refractivity contribution in [1.29, 1.82) is 0 Å². The van der Waals surface area contributed by atoms with Crippen LogP contribution in [0.3, 0.4) is 0 Å². The van der Waals surface area contributed by atoms with Crippen molar-refractivity contribution in [2.75, 3.05) is 7.05 Å². The molecule has 1 rings (SSSR count). The van der Waals surface area contributed by atoms with Crippen LogP contribution in [0.4, 0.5) is 0 Å². The van der Waals surface area contributed by atoms with Gasteiger partial charge in [0, 0.05) is 12.6 Å². The summed E-state index contributed by atoms with van der Waals surface area (Å²) in [5.74, 6) is -0.444. The molecule has 4 nitrogen and oxygen atoms in total. The van der Waals surface area contributed by atoms with Crippen molar-refractivity contribution < 1.29 is 9.59 Å². The van der Waals surface area contributed by atoms with E-state index in [4.69, 9.17) is 0 Å². The average Bonchev–Trinajstić information content (AvgIpc) is 2.27. The van der Waals surface area contributed by atoms with Crippen molar-refractivity contribution in [2.45, 2.75) is 19.9 Å². The number of carbonyl (C=O) groups is 2. The van der Waals surface area contributed by atoms with Crippen LogP contribution in [-0.2, 0) is 4.79 Å². The van der Waals surface area contributed by atoms with Crippen LogP contribution >= 0.6 is 0 Å². The zero-order valence-electron chi connectivity index (χ0n) is 9.70. The molecule has 0 saturated carbocycles. The van der Waals surface area contributed by atoms with E-state index in [0.29, 0.717) is 5.56 Å². The van der Waals surface area contributed by atoms with Crippen LogP contribution in [0.5, 0.6) is 0 Å². The molecule has 86 valence electrons. The maximum absolute atomic E-state index is 11.7. The molecule has 0 fully saturated rings. The van der Waals surface area contributed by atoms with Crippen LogP contribution in [-0.4, -0.2) is 24.9 Å². The van der Waals surface area contributed by atoms with Gasteiger partial charge in [-0.15, -0.1) is 0 Å². The van der Waals surface area contributed by atoms with E-state index in [2.05, 4.69) is 10.6 Å². The van der Waals surface area contributed by atoms with Crippen molar-refractivity contribution in [2.24, 2.45) is 0 Å². The Morgan fingerprint density at radius 1 is 1.31 bits per heavy atom. The highest BCUT2D eigenvalue weighted by Crippen LogP contribution is 2.03. The maximum atomic E-state index is 11.7. The summed E-state index contributed by atoms with van der Waals surface area (Å²) in [7, 11) is 1.54. The molecule has 2 amide bonds. The molecule has 1 atom stereocenters. The zero-order chi connectivity index (χ0) is 12.1. The van der Waals surface area contributed by atoms with Gasteiger partial charge in [0.1, 0.15) is 6.04 Å². The Kier molecular flexibility index (Phi) is 4.05. The molecule has 0 radical (unpaired) electrons. The molecule has 0 aliphatic carbocycles. The lowest BCUT2D eigenvalue weighted by Crippen LogP contribution is -2.43. The average molecular weight is 220 g/mol. The lowest BCUT2D eigenvalue weighted by Gasteiger charge is -2.12. The monoisotopic (exact) mass is 220 g/mol. The highest BCUT2D eigenvalue weighted by atomic mass is 16.2. The van der Waals surface area contributed by atoms with Crippen molar-refractivity contribution in [3.05, 3.63) is 35.4 Å². The van der Waals surface area contributed by atoms with Gasteiger partial charge in [-0.2, -0.15) is 0 Å². The van der Waals surface area contributed by atoms with Gasteiger partial charge in [-0.1, -0.05) is 17.7 Å². The van der Waals surface area contributed by atoms with Gasteiger partial charge in [-0.05, 0) is 26.0 Å². The minimum absolute atomic E-state index is 0.207. The molecule has 4 heteroatoms. The molecular weight excluding hydrogens is 204 g/mol. The second-order valence-electron chi connectivity index (χ2n) is 3.68. The summed E-state index contributed by atoms with van der Waals surface area (Å²) >= 11 is 0. The molecule has 1 aromatic rings. The number of aryl methyl sites for hydroxylation is 1. The van der Waals surface area contributed by atoms with Gasteiger partial charge in [0.05, 0.1) is 0 Å². The van der Waals surface area contributed by atoms with E-state index in [1.165, 1.54) is 7.05 Å². The van der Waals surface area contributed by atoms with Gasteiger partial charge in [-0.3, -0.25) is 9.59 Å². The quantitative estimate of drug-likeness (QED) is 0.793. The van der Waals surface area contributed by atoms with Crippen LogP contribution in [0.25, 0.3) is 0 Å². The first-order valence-corrected chi connectivity index (χ1v) is 5.13. The first-order valence-electron chi connectivity index (χ1n) is 5.13. The van der Waals surface area contributed by atoms with Crippen LogP contribution in [0.2, 0.25) is 0 Å². The molecule has 0 spiro atoms. The van der Waals surface area contributed by atoms with E-state index in [-0.39, 0.29) is 11.8 Å². The SMILES string of the molecule is CNC(=O)[C@H](C)NC(=O)c1cccc(C)c1. The van der Waals surface area contributed by atoms with E-state index in [1.54, 1.807) is 19.1 Å². The summed E-state index contributed by atoms with van der Waals surface area (Å²) in [6.07, 6.45) is 0. The molecule has 0 saturated heterocycles. The largest absolute Gasteiger partial charge is 0.357 e. The number of hydrogen-bond acceptors (Lipinski definition) is 2. The maximum Gasteiger partial charge on any atom is 0.251 e. The normalized spacial score (nSPS) is 11.7.